The van der Waals surface area contributed by atoms with Crippen LogP contribution in [0.5, 0.6) is 11.5 Å². The predicted octanol–water partition coefficient (Wildman–Crippen LogP) is 2.53. The van der Waals surface area contributed by atoms with Crippen molar-refractivity contribution >= 4 is 0 Å². The number of aliphatic hydroxyl groups excluding tert-OH is 1. The third-order valence-corrected chi connectivity index (χ3v) is 3.33. The molecule has 2 rings (SSSR count). The fourth-order valence-corrected chi connectivity index (χ4v) is 2.04. The highest BCUT2D eigenvalue weighted by molar-refractivity contribution is 5.29. The Kier molecular flexibility index (Phi) is 5.60. The first-order valence-electron chi connectivity index (χ1n) is 6.88. The van der Waals surface area contributed by atoms with Crippen molar-refractivity contribution in [1.29, 1.82) is 0 Å². The zero-order valence-electron chi connectivity index (χ0n) is 12.4. The average molecular weight is 287 g/mol. The second-order valence-corrected chi connectivity index (χ2v) is 4.77. The van der Waals surface area contributed by atoms with Gasteiger partial charge in [-0.05, 0) is 35.4 Å². The molecule has 21 heavy (non-hydrogen) atoms. The Hall–Kier alpha value is -2.04. The van der Waals surface area contributed by atoms with Crippen molar-refractivity contribution in [1.82, 2.24) is 5.32 Å². The van der Waals surface area contributed by atoms with Gasteiger partial charge in [0.2, 0.25) is 0 Å². The summed E-state index contributed by atoms with van der Waals surface area (Å²) in [5, 5.41) is 13.4. The van der Waals surface area contributed by atoms with Gasteiger partial charge in [0.05, 0.1) is 20.3 Å². The van der Waals surface area contributed by atoms with E-state index in [1.165, 1.54) is 0 Å². The van der Waals surface area contributed by atoms with Crippen LogP contribution in [0.15, 0.2) is 48.5 Å². The fraction of sp³-hybridized carbons (Fsp3) is 0.294. The maximum Gasteiger partial charge on any atom is 0.118 e. The molecule has 0 aliphatic rings. The minimum absolute atomic E-state index is 0.498. The lowest BCUT2D eigenvalue weighted by Gasteiger charge is -2.13. The first-order valence-corrected chi connectivity index (χ1v) is 6.88. The van der Waals surface area contributed by atoms with Gasteiger partial charge in [-0.25, -0.2) is 0 Å². The number of nitrogens with one attached hydrogen (secondary N) is 1. The van der Waals surface area contributed by atoms with Crippen LogP contribution in [-0.2, 0) is 6.54 Å². The van der Waals surface area contributed by atoms with Crippen molar-refractivity contribution in [2.45, 2.75) is 12.6 Å². The summed E-state index contributed by atoms with van der Waals surface area (Å²) in [5.41, 5.74) is 2.02. The van der Waals surface area contributed by atoms with Gasteiger partial charge in [-0.1, -0.05) is 24.3 Å². The Balaban J connectivity index is 1.81. The zero-order chi connectivity index (χ0) is 15.1. The van der Waals surface area contributed by atoms with Crippen molar-refractivity contribution in [3.8, 4) is 11.5 Å². The molecule has 0 aromatic heterocycles. The molecular weight excluding hydrogens is 266 g/mol. The van der Waals surface area contributed by atoms with Crippen LogP contribution in [0.2, 0.25) is 0 Å². The van der Waals surface area contributed by atoms with E-state index in [0.717, 1.165) is 22.6 Å². The first kappa shape index (κ1) is 15.4. The monoisotopic (exact) mass is 287 g/mol. The third-order valence-electron chi connectivity index (χ3n) is 3.33. The molecule has 2 aromatic rings. The van der Waals surface area contributed by atoms with E-state index in [9.17, 15) is 5.11 Å². The molecule has 2 N–H and O–H groups in total. The molecular formula is C17H21NO3. The molecule has 4 heteroatoms. The van der Waals surface area contributed by atoms with Gasteiger partial charge in [0.1, 0.15) is 11.5 Å². The summed E-state index contributed by atoms with van der Waals surface area (Å²) in [6.45, 7) is 1.20. The molecule has 112 valence electrons. The van der Waals surface area contributed by atoms with Gasteiger partial charge in [-0.3, -0.25) is 0 Å². The van der Waals surface area contributed by atoms with Crippen molar-refractivity contribution in [2.24, 2.45) is 0 Å². The minimum atomic E-state index is -0.533. The Labute approximate surface area is 125 Å². The maximum absolute atomic E-state index is 10.1. The van der Waals surface area contributed by atoms with Gasteiger partial charge in [-0.15, -0.1) is 0 Å². The molecule has 0 fully saturated rings. The highest BCUT2D eigenvalue weighted by Gasteiger charge is 2.07. The number of benzene rings is 2. The summed E-state index contributed by atoms with van der Waals surface area (Å²) in [6.07, 6.45) is -0.533. The summed E-state index contributed by atoms with van der Waals surface area (Å²) in [6, 6.07) is 15.3. The molecule has 0 bridgehead atoms. The predicted molar refractivity (Wildman–Crippen MR) is 82.7 cm³/mol. The van der Waals surface area contributed by atoms with Crippen LogP contribution < -0.4 is 14.8 Å². The molecule has 1 unspecified atom stereocenters. The van der Waals surface area contributed by atoms with Crippen LogP contribution in [0.25, 0.3) is 0 Å². The summed E-state index contributed by atoms with van der Waals surface area (Å²) in [7, 11) is 3.28. The van der Waals surface area contributed by atoms with E-state index in [2.05, 4.69) is 5.32 Å². The minimum Gasteiger partial charge on any atom is -0.497 e. The van der Waals surface area contributed by atoms with E-state index < -0.39 is 6.10 Å². The molecule has 0 saturated heterocycles. The molecule has 2 aromatic carbocycles. The number of hydrogen-bond donors (Lipinski definition) is 2. The number of aliphatic hydroxyl groups is 1. The van der Waals surface area contributed by atoms with Gasteiger partial charge in [0.15, 0.2) is 0 Å². The topological polar surface area (TPSA) is 50.7 Å². The molecule has 0 amide bonds. The molecule has 4 nitrogen and oxygen atoms in total. The Morgan fingerprint density at radius 3 is 1.95 bits per heavy atom. The van der Waals surface area contributed by atoms with Gasteiger partial charge in [0, 0.05) is 13.1 Å². The number of rotatable bonds is 7. The van der Waals surface area contributed by atoms with Crippen molar-refractivity contribution in [3.05, 3.63) is 59.7 Å². The third kappa shape index (κ3) is 4.48. The Bertz CT molecular complexity index is 537. The van der Waals surface area contributed by atoms with Crippen molar-refractivity contribution < 1.29 is 14.6 Å². The first-order chi connectivity index (χ1) is 10.2. The van der Waals surface area contributed by atoms with Crippen LogP contribution in [-0.4, -0.2) is 25.9 Å². The highest BCUT2D eigenvalue weighted by atomic mass is 16.5. The zero-order valence-corrected chi connectivity index (χ0v) is 12.4. The molecule has 0 aliphatic heterocycles. The summed E-state index contributed by atoms with van der Waals surface area (Å²) in [4.78, 5) is 0. The van der Waals surface area contributed by atoms with E-state index in [0.29, 0.717) is 13.1 Å². The average Bonchev–Trinajstić information content (AvgIpc) is 2.55. The molecule has 0 radical (unpaired) electrons. The molecule has 0 heterocycles. The van der Waals surface area contributed by atoms with Crippen molar-refractivity contribution in [3.63, 3.8) is 0 Å². The quantitative estimate of drug-likeness (QED) is 0.821. The van der Waals surface area contributed by atoms with E-state index >= 15 is 0 Å². The van der Waals surface area contributed by atoms with Crippen LogP contribution in [0, 0.1) is 0 Å². The lowest BCUT2D eigenvalue weighted by atomic mass is 10.1. The van der Waals surface area contributed by atoms with Gasteiger partial charge in [0.25, 0.3) is 0 Å². The Morgan fingerprint density at radius 1 is 0.905 bits per heavy atom. The van der Waals surface area contributed by atoms with E-state index in [1.54, 1.807) is 14.2 Å². The van der Waals surface area contributed by atoms with Crippen LogP contribution >= 0.6 is 0 Å². The summed E-state index contributed by atoms with van der Waals surface area (Å²) in [5.74, 6) is 1.63. The van der Waals surface area contributed by atoms with Gasteiger partial charge in [-0.2, -0.15) is 0 Å². The lowest BCUT2D eigenvalue weighted by Crippen LogP contribution is -2.21. The van der Waals surface area contributed by atoms with Crippen molar-refractivity contribution in [2.75, 3.05) is 20.8 Å². The summed E-state index contributed by atoms with van der Waals surface area (Å²) >= 11 is 0. The number of hydrogen-bond acceptors (Lipinski definition) is 4. The largest absolute Gasteiger partial charge is 0.497 e. The van der Waals surface area contributed by atoms with E-state index in [1.807, 2.05) is 48.5 Å². The van der Waals surface area contributed by atoms with Crippen LogP contribution in [0.1, 0.15) is 17.2 Å². The van der Waals surface area contributed by atoms with E-state index in [-0.39, 0.29) is 0 Å². The smallest absolute Gasteiger partial charge is 0.118 e. The van der Waals surface area contributed by atoms with Gasteiger partial charge >= 0.3 is 0 Å². The number of ether oxygens (including phenoxy) is 2. The molecule has 0 aliphatic carbocycles. The fourth-order valence-electron chi connectivity index (χ4n) is 2.04. The normalized spacial score (nSPS) is 12.0. The van der Waals surface area contributed by atoms with E-state index in [4.69, 9.17) is 9.47 Å². The second-order valence-electron chi connectivity index (χ2n) is 4.77. The highest BCUT2D eigenvalue weighted by Crippen LogP contribution is 2.17. The van der Waals surface area contributed by atoms with Crippen LogP contribution in [0.3, 0.4) is 0 Å². The standard InChI is InChI=1S/C17H21NO3/c1-20-15-7-3-13(4-8-15)11-18-12-17(19)14-5-9-16(21-2)10-6-14/h3-10,17-19H,11-12H2,1-2H3. The number of methoxy groups -OCH3 is 2. The molecule has 1 atom stereocenters. The Morgan fingerprint density at radius 2 is 1.43 bits per heavy atom. The molecule has 0 saturated carbocycles. The van der Waals surface area contributed by atoms with Gasteiger partial charge < -0.3 is 19.9 Å². The SMILES string of the molecule is COc1ccc(CNCC(O)c2ccc(OC)cc2)cc1. The second kappa shape index (κ2) is 7.67. The summed E-state index contributed by atoms with van der Waals surface area (Å²) < 4.78 is 10.2. The maximum atomic E-state index is 10.1. The lowest BCUT2D eigenvalue weighted by molar-refractivity contribution is 0.174. The van der Waals surface area contributed by atoms with Crippen LogP contribution in [0.4, 0.5) is 0 Å². The molecule has 0 spiro atoms.